The first-order valence-corrected chi connectivity index (χ1v) is 3.82. The number of halogens is 2. The third-order valence-electron chi connectivity index (χ3n) is 1.30. The summed E-state index contributed by atoms with van der Waals surface area (Å²) in [6.45, 7) is 5.56. The standard InChI is InChI=1S/C7H7F2N.C2H6/c1-4-2-5(8)3-6(9)7(4)10;1-2/h2-3H,10H2,1H3;1-2H3. The molecule has 12 heavy (non-hydrogen) atoms. The SMILES string of the molecule is CC.Cc1cc(F)cc(F)c1N. The number of anilines is 1. The van der Waals surface area contributed by atoms with Crippen molar-refractivity contribution in [2.75, 3.05) is 5.73 Å². The van der Waals surface area contributed by atoms with E-state index >= 15 is 0 Å². The van der Waals surface area contributed by atoms with E-state index in [1.165, 1.54) is 6.07 Å². The number of aryl methyl sites for hydroxylation is 1. The number of hydrogen-bond acceptors (Lipinski definition) is 1. The average Bonchev–Trinajstić information content (AvgIpc) is 2.04. The fraction of sp³-hybridized carbons (Fsp3) is 0.333. The van der Waals surface area contributed by atoms with E-state index in [-0.39, 0.29) is 5.69 Å². The van der Waals surface area contributed by atoms with Gasteiger partial charge in [0.1, 0.15) is 11.6 Å². The molecule has 1 aromatic rings. The van der Waals surface area contributed by atoms with Crippen LogP contribution in [-0.4, -0.2) is 0 Å². The molecule has 68 valence electrons. The number of benzene rings is 1. The van der Waals surface area contributed by atoms with Crippen LogP contribution in [0.15, 0.2) is 12.1 Å². The molecule has 1 rings (SSSR count). The fourth-order valence-corrected chi connectivity index (χ4v) is 0.713. The molecule has 0 amide bonds. The second-order valence-corrected chi connectivity index (χ2v) is 2.12. The van der Waals surface area contributed by atoms with Crippen molar-refractivity contribution in [2.24, 2.45) is 0 Å². The second-order valence-electron chi connectivity index (χ2n) is 2.12. The number of rotatable bonds is 0. The summed E-state index contributed by atoms with van der Waals surface area (Å²) in [6.07, 6.45) is 0. The number of nitrogens with two attached hydrogens (primary N) is 1. The van der Waals surface area contributed by atoms with Gasteiger partial charge in [-0.15, -0.1) is 0 Å². The molecule has 0 fully saturated rings. The highest BCUT2D eigenvalue weighted by atomic mass is 19.1. The largest absolute Gasteiger partial charge is 0.396 e. The van der Waals surface area contributed by atoms with Gasteiger partial charge >= 0.3 is 0 Å². The Morgan fingerprint density at radius 1 is 1.17 bits per heavy atom. The topological polar surface area (TPSA) is 26.0 Å². The normalized spacial score (nSPS) is 8.75. The van der Waals surface area contributed by atoms with Gasteiger partial charge in [-0.05, 0) is 18.6 Å². The minimum Gasteiger partial charge on any atom is -0.396 e. The zero-order chi connectivity index (χ0) is 9.72. The van der Waals surface area contributed by atoms with Gasteiger partial charge in [0.2, 0.25) is 0 Å². The van der Waals surface area contributed by atoms with E-state index in [0.29, 0.717) is 5.56 Å². The summed E-state index contributed by atoms with van der Waals surface area (Å²) in [7, 11) is 0. The van der Waals surface area contributed by atoms with Crippen LogP contribution in [0, 0.1) is 18.6 Å². The highest BCUT2D eigenvalue weighted by molar-refractivity contribution is 5.47. The molecule has 0 aliphatic rings. The summed E-state index contributed by atoms with van der Waals surface area (Å²) in [4.78, 5) is 0. The van der Waals surface area contributed by atoms with Crippen LogP contribution < -0.4 is 5.73 Å². The highest BCUT2D eigenvalue weighted by Crippen LogP contribution is 2.16. The Morgan fingerprint density at radius 2 is 1.67 bits per heavy atom. The monoisotopic (exact) mass is 173 g/mol. The summed E-state index contributed by atoms with van der Waals surface area (Å²) in [5, 5.41) is 0. The third kappa shape index (κ3) is 2.49. The van der Waals surface area contributed by atoms with Gasteiger partial charge in [0.25, 0.3) is 0 Å². The molecule has 0 aliphatic heterocycles. The number of hydrogen-bond donors (Lipinski definition) is 1. The van der Waals surface area contributed by atoms with Gasteiger partial charge < -0.3 is 5.73 Å². The molecule has 0 saturated carbocycles. The Kier molecular flexibility index (Phi) is 4.26. The van der Waals surface area contributed by atoms with Crippen molar-refractivity contribution < 1.29 is 8.78 Å². The fourth-order valence-electron chi connectivity index (χ4n) is 0.713. The minimum absolute atomic E-state index is 0.0152. The van der Waals surface area contributed by atoms with Crippen LogP contribution in [0.1, 0.15) is 19.4 Å². The predicted octanol–water partition coefficient (Wildman–Crippen LogP) is 2.88. The quantitative estimate of drug-likeness (QED) is 0.600. The van der Waals surface area contributed by atoms with Crippen LogP contribution in [0.3, 0.4) is 0 Å². The maximum Gasteiger partial charge on any atom is 0.149 e. The van der Waals surface area contributed by atoms with Crippen molar-refractivity contribution in [3.63, 3.8) is 0 Å². The molecule has 0 heterocycles. The first-order valence-electron chi connectivity index (χ1n) is 3.82. The van der Waals surface area contributed by atoms with Gasteiger partial charge in [-0.25, -0.2) is 8.78 Å². The van der Waals surface area contributed by atoms with Crippen LogP contribution in [0.25, 0.3) is 0 Å². The molecule has 0 aromatic heterocycles. The molecule has 0 atom stereocenters. The predicted molar refractivity (Wildman–Crippen MR) is 46.9 cm³/mol. The Balaban J connectivity index is 0.000000561. The summed E-state index contributed by atoms with van der Waals surface area (Å²) in [5.74, 6) is -1.29. The van der Waals surface area contributed by atoms with E-state index in [4.69, 9.17) is 5.73 Å². The summed E-state index contributed by atoms with van der Waals surface area (Å²) < 4.78 is 24.8. The van der Waals surface area contributed by atoms with Crippen LogP contribution in [0.4, 0.5) is 14.5 Å². The maximum atomic E-state index is 12.5. The first kappa shape index (κ1) is 10.9. The van der Waals surface area contributed by atoms with Crippen LogP contribution >= 0.6 is 0 Å². The van der Waals surface area contributed by atoms with Gasteiger partial charge in [0.15, 0.2) is 0 Å². The Hall–Kier alpha value is -1.12. The van der Waals surface area contributed by atoms with Crippen molar-refractivity contribution in [3.05, 3.63) is 29.3 Å². The van der Waals surface area contributed by atoms with Gasteiger partial charge in [-0.3, -0.25) is 0 Å². The van der Waals surface area contributed by atoms with E-state index in [0.717, 1.165) is 6.07 Å². The van der Waals surface area contributed by atoms with Gasteiger partial charge in [0.05, 0.1) is 5.69 Å². The minimum atomic E-state index is -0.697. The lowest BCUT2D eigenvalue weighted by molar-refractivity contribution is 0.584. The Labute approximate surface area is 71.2 Å². The number of nitrogen functional groups attached to an aromatic ring is 1. The van der Waals surface area contributed by atoms with Gasteiger partial charge in [0, 0.05) is 6.07 Å². The maximum absolute atomic E-state index is 12.5. The Bertz CT molecular complexity index is 236. The molecular formula is C9H13F2N. The molecule has 0 aliphatic carbocycles. The molecule has 0 radical (unpaired) electrons. The lowest BCUT2D eigenvalue weighted by Crippen LogP contribution is -1.94. The zero-order valence-electron chi connectivity index (χ0n) is 7.49. The summed E-state index contributed by atoms with van der Waals surface area (Å²) >= 11 is 0. The summed E-state index contributed by atoms with van der Waals surface area (Å²) in [6, 6.07) is 1.96. The Morgan fingerprint density at radius 3 is 2.08 bits per heavy atom. The molecule has 2 N–H and O–H groups in total. The van der Waals surface area contributed by atoms with Crippen LogP contribution in [0.2, 0.25) is 0 Å². The van der Waals surface area contributed by atoms with Crippen molar-refractivity contribution in [1.29, 1.82) is 0 Å². The lowest BCUT2D eigenvalue weighted by Gasteiger charge is -1.99. The molecule has 1 nitrogen and oxygen atoms in total. The highest BCUT2D eigenvalue weighted by Gasteiger charge is 2.02. The molecule has 0 spiro atoms. The van der Waals surface area contributed by atoms with Crippen molar-refractivity contribution >= 4 is 5.69 Å². The van der Waals surface area contributed by atoms with Gasteiger partial charge in [-0.2, -0.15) is 0 Å². The van der Waals surface area contributed by atoms with E-state index in [2.05, 4.69) is 0 Å². The van der Waals surface area contributed by atoms with Crippen LogP contribution in [0.5, 0.6) is 0 Å². The zero-order valence-corrected chi connectivity index (χ0v) is 7.49. The first-order chi connectivity index (χ1) is 5.61. The van der Waals surface area contributed by atoms with Gasteiger partial charge in [-0.1, -0.05) is 13.8 Å². The van der Waals surface area contributed by atoms with E-state index in [1.54, 1.807) is 6.92 Å². The third-order valence-corrected chi connectivity index (χ3v) is 1.30. The van der Waals surface area contributed by atoms with E-state index in [1.807, 2.05) is 13.8 Å². The molecule has 0 bridgehead atoms. The smallest absolute Gasteiger partial charge is 0.149 e. The molecule has 0 saturated heterocycles. The molecule has 0 unspecified atom stereocenters. The summed E-state index contributed by atoms with van der Waals surface area (Å²) in [5.41, 5.74) is 5.65. The van der Waals surface area contributed by atoms with Crippen molar-refractivity contribution in [1.82, 2.24) is 0 Å². The molecule has 1 aromatic carbocycles. The van der Waals surface area contributed by atoms with E-state index < -0.39 is 11.6 Å². The molecule has 3 heteroatoms. The van der Waals surface area contributed by atoms with Crippen molar-refractivity contribution in [3.8, 4) is 0 Å². The van der Waals surface area contributed by atoms with Crippen molar-refractivity contribution in [2.45, 2.75) is 20.8 Å². The average molecular weight is 173 g/mol. The van der Waals surface area contributed by atoms with Crippen LogP contribution in [-0.2, 0) is 0 Å². The second kappa shape index (κ2) is 4.70. The molecular weight excluding hydrogens is 160 g/mol. The lowest BCUT2D eigenvalue weighted by atomic mass is 10.2. The van der Waals surface area contributed by atoms with E-state index in [9.17, 15) is 8.78 Å².